The third kappa shape index (κ3) is 2.92. The molecular weight excluding hydrogens is 202 g/mol. The van der Waals surface area contributed by atoms with E-state index in [1.165, 1.54) is 6.20 Å². The van der Waals surface area contributed by atoms with Gasteiger partial charge in [-0.1, -0.05) is 13.3 Å². The third-order valence-corrected chi connectivity index (χ3v) is 2.64. The summed E-state index contributed by atoms with van der Waals surface area (Å²) in [6.07, 6.45) is 5.45. The van der Waals surface area contributed by atoms with Gasteiger partial charge in [0.1, 0.15) is 17.3 Å². The molecule has 0 aliphatic heterocycles. The molecule has 1 aromatic rings. The number of aromatic nitrogens is 2. The molecule has 0 aromatic carbocycles. The zero-order valence-corrected chi connectivity index (χ0v) is 10.1. The van der Waals surface area contributed by atoms with Crippen LogP contribution in [0.15, 0.2) is 12.4 Å². The Morgan fingerprint density at radius 2 is 2.19 bits per heavy atom. The number of amidine groups is 1. The van der Waals surface area contributed by atoms with E-state index in [-0.39, 0.29) is 5.84 Å². The van der Waals surface area contributed by atoms with E-state index in [1.54, 1.807) is 6.20 Å². The van der Waals surface area contributed by atoms with Crippen molar-refractivity contribution in [3.63, 3.8) is 0 Å². The highest BCUT2D eigenvalue weighted by Crippen LogP contribution is 2.13. The minimum Gasteiger partial charge on any atom is -0.382 e. The van der Waals surface area contributed by atoms with Gasteiger partial charge in [-0.25, -0.2) is 9.97 Å². The first-order valence-corrected chi connectivity index (χ1v) is 5.45. The Morgan fingerprint density at radius 3 is 2.62 bits per heavy atom. The lowest BCUT2D eigenvalue weighted by molar-refractivity contribution is 0.610. The van der Waals surface area contributed by atoms with Crippen LogP contribution in [-0.2, 0) is 0 Å². The monoisotopic (exact) mass is 221 g/mol. The Balaban J connectivity index is 2.77. The molecule has 0 radical (unpaired) electrons. The molecule has 0 bridgehead atoms. The zero-order valence-electron chi connectivity index (χ0n) is 10.1. The average molecular weight is 221 g/mol. The predicted octanol–water partition coefficient (Wildman–Crippen LogP) is 1.39. The Morgan fingerprint density at radius 1 is 1.50 bits per heavy atom. The molecule has 1 rings (SSSR count). The highest BCUT2D eigenvalue weighted by molar-refractivity contribution is 5.92. The van der Waals surface area contributed by atoms with E-state index < -0.39 is 0 Å². The van der Waals surface area contributed by atoms with E-state index in [9.17, 15) is 0 Å². The molecule has 3 N–H and O–H groups in total. The Kier molecular flexibility index (Phi) is 4.22. The van der Waals surface area contributed by atoms with E-state index in [0.717, 1.165) is 18.7 Å². The number of rotatable bonds is 5. The molecule has 0 aliphatic rings. The zero-order chi connectivity index (χ0) is 12.1. The standard InChI is InChI=1S/C11H19N5/c1-4-5-8(2)16(3)10-7-14-9(6-15-10)11(12)13/h6-8H,4-5H2,1-3H3,(H3,12,13). The van der Waals surface area contributed by atoms with Crippen LogP contribution in [0.25, 0.3) is 0 Å². The fourth-order valence-electron chi connectivity index (χ4n) is 1.48. The summed E-state index contributed by atoms with van der Waals surface area (Å²) in [6, 6.07) is 0.433. The van der Waals surface area contributed by atoms with Crippen LogP contribution in [0.4, 0.5) is 5.82 Å². The van der Waals surface area contributed by atoms with Gasteiger partial charge in [-0.15, -0.1) is 0 Å². The lowest BCUT2D eigenvalue weighted by Gasteiger charge is -2.25. The molecule has 0 amide bonds. The van der Waals surface area contributed by atoms with Crippen LogP contribution in [0.2, 0.25) is 0 Å². The van der Waals surface area contributed by atoms with Crippen molar-refractivity contribution in [3.05, 3.63) is 18.1 Å². The second-order valence-electron chi connectivity index (χ2n) is 3.92. The van der Waals surface area contributed by atoms with Crippen molar-refractivity contribution in [1.29, 1.82) is 5.41 Å². The summed E-state index contributed by atoms with van der Waals surface area (Å²) >= 11 is 0. The maximum Gasteiger partial charge on any atom is 0.147 e. The molecule has 1 atom stereocenters. The van der Waals surface area contributed by atoms with Crippen LogP contribution < -0.4 is 10.6 Å². The van der Waals surface area contributed by atoms with Gasteiger partial charge in [0, 0.05) is 13.1 Å². The van der Waals surface area contributed by atoms with Crippen molar-refractivity contribution in [3.8, 4) is 0 Å². The van der Waals surface area contributed by atoms with Crippen molar-refractivity contribution in [2.75, 3.05) is 11.9 Å². The highest BCUT2D eigenvalue weighted by atomic mass is 15.2. The van der Waals surface area contributed by atoms with E-state index in [0.29, 0.717) is 11.7 Å². The van der Waals surface area contributed by atoms with Crippen molar-refractivity contribution < 1.29 is 0 Å². The molecule has 0 fully saturated rings. The van der Waals surface area contributed by atoms with E-state index >= 15 is 0 Å². The van der Waals surface area contributed by atoms with Gasteiger partial charge < -0.3 is 10.6 Å². The quantitative estimate of drug-likeness (QED) is 0.581. The minimum absolute atomic E-state index is 0.0525. The minimum atomic E-state index is -0.0525. The number of hydrogen-bond acceptors (Lipinski definition) is 4. The van der Waals surface area contributed by atoms with Crippen LogP contribution in [0.3, 0.4) is 0 Å². The van der Waals surface area contributed by atoms with Gasteiger partial charge >= 0.3 is 0 Å². The molecule has 5 heteroatoms. The molecular formula is C11H19N5. The predicted molar refractivity (Wildman–Crippen MR) is 65.8 cm³/mol. The lowest BCUT2D eigenvalue weighted by atomic mass is 10.2. The number of nitrogen functional groups attached to an aromatic ring is 1. The van der Waals surface area contributed by atoms with Crippen molar-refractivity contribution in [1.82, 2.24) is 9.97 Å². The fraction of sp³-hybridized carbons (Fsp3) is 0.545. The molecule has 88 valence electrons. The molecule has 0 saturated heterocycles. The Labute approximate surface area is 96.2 Å². The molecule has 1 heterocycles. The topological polar surface area (TPSA) is 78.9 Å². The molecule has 0 spiro atoms. The number of nitrogens with one attached hydrogen (secondary N) is 1. The maximum atomic E-state index is 7.23. The Hall–Kier alpha value is -1.65. The first kappa shape index (κ1) is 12.4. The average Bonchev–Trinajstić information content (AvgIpc) is 2.28. The molecule has 1 aromatic heterocycles. The summed E-state index contributed by atoms with van der Waals surface area (Å²) in [5.74, 6) is 0.759. The van der Waals surface area contributed by atoms with Gasteiger partial charge in [0.2, 0.25) is 0 Å². The van der Waals surface area contributed by atoms with Gasteiger partial charge in [0.25, 0.3) is 0 Å². The van der Waals surface area contributed by atoms with Crippen LogP contribution in [0.1, 0.15) is 32.4 Å². The van der Waals surface area contributed by atoms with Crippen molar-refractivity contribution in [2.45, 2.75) is 32.7 Å². The summed E-state index contributed by atoms with van der Waals surface area (Å²) in [6.45, 7) is 4.32. The largest absolute Gasteiger partial charge is 0.382 e. The number of anilines is 1. The second-order valence-corrected chi connectivity index (χ2v) is 3.92. The molecule has 0 aliphatic carbocycles. The number of hydrogen-bond donors (Lipinski definition) is 2. The number of nitrogens with two attached hydrogens (primary N) is 1. The maximum absolute atomic E-state index is 7.23. The molecule has 0 saturated carbocycles. The van der Waals surface area contributed by atoms with Gasteiger partial charge in [0.05, 0.1) is 12.4 Å². The highest BCUT2D eigenvalue weighted by Gasteiger charge is 2.10. The third-order valence-electron chi connectivity index (χ3n) is 2.64. The first-order valence-electron chi connectivity index (χ1n) is 5.45. The fourth-order valence-corrected chi connectivity index (χ4v) is 1.48. The van der Waals surface area contributed by atoms with Gasteiger partial charge in [-0.3, -0.25) is 5.41 Å². The summed E-state index contributed by atoms with van der Waals surface area (Å²) < 4.78 is 0. The molecule has 1 unspecified atom stereocenters. The van der Waals surface area contributed by atoms with Crippen LogP contribution >= 0.6 is 0 Å². The van der Waals surface area contributed by atoms with Gasteiger partial charge in [-0.05, 0) is 13.3 Å². The summed E-state index contributed by atoms with van der Waals surface area (Å²) in [4.78, 5) is 10.4. The van der Waals surface area contributed by atoms with Crippen molar-refractivity contribution in [2.24, 2.45) is 5.73 Å². The van der Waals surface area contributed by atoms with Crippen molar-refractivity contribution >= 4 is 11.7 Å². The van der Waals surface area contributed by atoms with Gasteiger partial charge in [-0.2, -0.15) is 0 Å². The Bertz CT molecular complexity index is 346. The summed E-state index contributed by atoms with van der Waals surface area (Å²) in [7, 11) is 2.00. The summed E-state index contributed by atoms with van der Waals surface area (Å²) in [5.41, 5.74) is 5.73. The normalized spacial score (nSPS) is 12.2. The van der Waals surface area contributed by atoms with Crippen LogP contribution in [-0.4, -0.2) is 28.9 Å². The molecule has 5 nitrogen and oxygen atoms in total. The van der Waals surface area contributed by atoms with E-state index in [4.69, 9.17) is 11.1 Å². The van der Waals surface area contributed by atoms with Crippen LogP contribution in [0.5, 0.6) is 0 Å². The smallest absolute Gasteiger partial charge is 0.147 e. The number of nitrogens with zero attached hydrogens (tertiary/aromatic N) is 3. The van der Waals surface area contributed by atoms with Gasteiger partial charge in [0.15, 0.2) is 0 Å². The second kappa shape index (κ2) is 5.44. The van der Waals surface area contributed by atoms with E-state index in [2.05, 4.69) is 28.7 Å². The summed E-state index contributed by atoms with van der Waals surface area (Å²) in [5, 5.41) is 7.23. The van der Waals surface area contributed by atoms with Crippen LogP contribution in [0, 0.1) is 5.41 Å². The molecule has 16 heavy (non-hydrogen) atoms. The first-order chi connectivity index (χ1) is 7.56. The SMILES string of the molecule is CCCC(C)N(C)c1cnc(C(=N)N)cn1. The van der Waals surface area contributed by atoms with E-state index in [1.807, 2.05) is 7.05 Å². The lowest BCUT2D eigenvalue weighted by Crippen LogP contribution is -2.29.